The molecule has 0 saturated carbocycles. The highest BCUT2D eigenvalue weighted by molar-refractivity contribution is 7.99. The van der Waals surface area contributed by atoms with E-state index in [1.165, 1.54) is 0 Å². The molecular weight excluding hydrogens is 364 g/mol. The maximum absolute atomic E-state index is 13.2. The molecule has 0 aliphatic carbocycles. The molecule has 4 nitrogen and oxygen atoms in total. The van der Waals surface area contributed by atoms with Crippen LogP contribution < -0.4 is 0 Å². The summed E-state index contributed by atoms with van der Waals surface area (Å²) in [6.45, 7) is 6.79. The third-order valence-corrected chi connectivity index (χ3v) is 7.46. The molecule has 1 aromatic carbocycles. The molecule has 0 unspecified atom stereocenters. The minimum Gasteiger partial charge on any atom is -0.250 e. The number of rotatable bonds is 5. The molecule has 1 atom stereocenters. The topological polar surface area (TPSA) is 50.3 Å². The number of aromatic nitrogens is 1. The molecule has 2 heterocycles. The fraction of sp³-hybridized carbons (Fsp3) is 0.450. The smallest absolute Gasteiger partial charge is 0.243 e. The summed E-state index contributed by atoms with van der Waals surface area (Å²) in [7, 11) is -3.50. The summed E-state index contributed by atoms with van der Waals surface area (Å²) in [5.41, 5.74) is 2.04. The summed E-state index contributed by atoms with van der Waals surface area (Å²) >= 11 is 1.72. The lowest BCUT2D eigenvalue weighted by molar-refractivity contribution is 0.255. The van der Waals surface area contributed by atoms with E-state index in [-0.39, 0.29) is 6.04 Å². The fourth-order valence-corrected chi connectivity index (χ4v) is 5.70. The van der Waals surface area contributed by atoms with E-state index in [2.05, 4.69) is 18.8 Å². The molecule has 1 saturated heterocycles. The van der Waals surface area contributed by atoms with Gasteiger partial charge in [-0.2, -0.15) is 4.31 Å². The Morgan fingerprint density at radius 3 is 2.46 bits per heavy atom. The molecule has 0 amide bonds. The van der Waals surface area contributed by atoms with Crippen molar-refractivity contribution in [1.29, 1.82) is 0 Å². The Kier molecular flexibility index (Phi) is 6.05. The van der Waals surface area contributed by atoms with Gasteiger partial charge in [0, 0.05) is 18.0 Å². The van der Waals surface area contributed by atoms with E-state index in [1.807, 2.05) is 37.4 Å². The largest absolute Gasteiger partial charge is 0.250 e. The lowest BCUT2D eigenvalue weighted by atomic mass is 9.99. The number of benzene rings is 1. The zero-order valence-corrected chi connectivity index (χ0v) is 17.2. The molecule has 1 aliphatic heterocycles. The molecule has 1 aliphatic rings. The van der Waals surface area contributed by atoms with E-state index >= 15 is 0 Å². The maximum atomic E-state index is 13.2. The van der Waals surface area contributed by atoms with Gasteiger partial charge in [-0.15, -0.1) is 11.8 Å². The first kappa shape index (κ1) is 19.4. The highest BCUT2D eigenvalue weighted by Crippen LogP contribution is 2.35. The monoisotopic (exact) mass is 390 g/mol. The third-order valence-electron chi connectivity index (χ3n) is 4.58. The number of thioether (sulfide) groups is 1. The number of hydrogen-bond acceptors (Lipinski definition) is 4. The van der Waals surface area contributed by atoms with Crippen LogP contribution in [0.4, 0.5) is 0 Å². The number of pyridine rings is 1. The summed E-state index contributed by atoms with van der Waals surface area (Å²) in [4.78, 5) is 4.91. The zero-order chi connectivity index (χ0) is 18.7. The number of aryl methyl sites for hydroxylation is 1. The standard InChI is InChI=1S/C20H26N2O2S2/c1-15(2)25-20-12-9-17(14-21-20)19-6-4-5-13-22(19)26(23,24)18-10-7-16(3)8-11-18/h7-12,14-15,19H,4-6,13H2,1-3H3/t19-/m1/s1. The molecule has 0 bridgehead atoms. The zero-order valence-electron chi connectivity index (χ0n) is 15.6. The van der Waals surface area contributed by atoms with E-state index in [1.54, 1.807) is 28.2 Å². The van der Waals surface area contributed by atoms with Crippen LogP contribution >= 0.6 is 11.8 Å². The molecular formula is C20H26N2O2S2. The lowest BCUT2D eigenvalue weighted by Crippen LogP contribution is -2.38. The minimum absolute atomic E-state index is 0.138. The van der Waals surface area contributed by atoms with Crippen molar-refractivity contribution in [3.05, 3.63) is 53.7 Å². The van der Waals surface area contributed by atoms with Crippen LogP contribution in [0.15, 0.2) is 52.5 Å². The van der Waals surface area contributed by atoms with Crippen molar-refractivity contribution in [2.24, 2.45) is 0 Å². The summed E-state index contributed by atoms with van der Waals surface area (Å²) < 4.78 is 28.1. The van der Waals surface area contributed by atoms with Gasteiger partial charge in [-0.25, -0.2) is 13.4 Å². The minimum atomic E-state index is -3.50. The predicted octanol–water partition coefficient (Wildman–Crippen LogP) is 4.81. The molecule has 2 aromatic rings. The van der Waals surface area contributed by atoms with Crippen LogP contribution in [0.5, 0.6) is 0 Å². The molecule has 26 heavy (non-hydrogen) atoms. The van der Waals surface area contributed by atoms with Gasteiger partial charge in [0.2, 0.25) is 10.0 Å². The van der Waals surface area contributed by atoms with Gasteiger partial charge in [0.25, 0.3) is 0 Å². The maximum Gasteiger partial charge on any atom is 0.243 e. The Morgan fingerprint density at radius 1 is 1.12 bits per heavy atom. The van der Waals surface area contributed by atoms with Gasteiger partial charge in [-0.3, -0.25) is 0 Å². The Bertz CT molecular complexity index is 831. The van der Waals surface area contributed by atoms with Crippen molar-refractivity contribution in [3.63, 3.8) is 0 Å². The van der Waals surface area contributed by atoms with Gasteiger partial charge in [-0.1, -0.05) is 44.0 Å². The molecule has 0 N–H and O–H groups in total. The van der Waals surface area contributed by atoms with Crippen molar-refractivity contribution in [1.82, 2.24) is 9.29 Å². The van der Waals surface area contributed by atoms with Crippen LogP contribution in [0.2, 0.25) is 0 Å². The second kappa shape index (κ2) is 8.11. The first-order valence-electron chi connectivity index (χ1n) is 9.09. The van der Waals surface area contributed by atoms with Crippen LogP contribution in [-0.2, 0) is 10.0 Å². The molecule has 0 spiro atoms. The molecule has 1 aromatic heterocycles. The normalized spacial score (nSPS) is 19.0. The van der Waals surface area contributed by atoms with Gasteiger partial charge >= 0.3 is 0 Å². The first-order valence-corrected chi connectivity index (χ1v) is 11.4. The Morgan fingerprint density at radius 2 is 1.85 bits per heavy atom. The average molecular weight is 391 g/mol. The number of sulfonamides is 1. The van der Waals surface area contributed by atoms with E-state index in [0.29, 0.717) is 16.7 Å². The summed E-state index contributed by atoms with van der Waals surface area (Å²) in [5.74, 6) is 0. The van der Waals surface area contributed by atoms with Crippen LogP contribution in [0.1, 0.15) is 50.3 Å². The molecule has 1 fully saturated rings. The Labute approximate surface area is 161 Å². The van der Waals surface area contributed by atoms with Crippen molar-refractivity contribution in [3.8, 4) is 0 Å². The van der Waals surface area contributed by atoms with Gasteiger partial charge in [0.15, 0.2) is 0 Å². The van der Waals surface area contributed by atoms with Crippen LogP contribution in [-0.4, -0.2) is 29.5 Å². The summed E-state index contributed by atoms with van der Waals surface area (Å²) in [6, 6.07) is 11.0. The van der Waals surface area contributed by atoms with E-state index in [0.717, 1.165) is 35.4 Å². The highest BCUT2D eigenvalue weighted by atomic mass is 32.2. The third kappa shape index (κ3) is 4.30. The predicted molar refractivity (Wildman–Crippen MR) is 107 cm³/mol. The average Bonchev–Trinajstić information content (AvgIpc) is 2.62. The van der Waals surface area contributed by atoms with Gasteiger partial charge < -0.3 is 0 Å². The number of hydrogen-bond donors (Lipinski definition) is 0. The van der Waals surface area contributed by atoms with Crippen molar-refractivity contribution in [2.45, 2.75) is 61.2 Å². The summed E-state index contributed by atoms with van der Waals surface area (Å²) in [5, 5.41) is 1.45. The second-order valence-electron chi connectivity index (χ2n) is 7.04. The van der Waals surface area contributed by atoms with E-state index in [9.17, 15) is 8.42 Å². The van der Waals surface area contributed by atoms with Gasteiger partial charge in [-0.05, 0) is 43.5 Å². The van der Waals surface area contributed by atoms with Crippen molar-refractivity contribution >= 4 is 21.8 Å². The van der Waals surface area contributed by atoms with Crippen molar-refractivity contribution < 1.29 is 8.42 Å². The second-order valence-corrected chi connectivity index (χ2v) is 10.5. The number of nitrogens with zero attached hydrogens (tertiary/aromatic N) is 2. The van der Waals surface area contributed by atoms with E-state index < -0.39 is 10.0 Å². The SMILES string of the molecule is Cc1ccc(S(=O)(=O)N2CCCC[C@@H]2c2ccc(SC(C)C)nc2)cc1. The Balaban J connectivity index is 1.89. The van der Waals surface area contributed by atoms with Crippen LogP contribution in [0.25, 0.3) is 0 Å². The summed E-state index contributed by atoms with van der Waals surface area (Å²) in [6.07, 6.45) is 4.62. The molecule has 3 rings (SSSR count). The van der Waals surface area contributed by atoms with Gasteiger partial charge in [0.1, 0.15) is 0 Å². The molecule has 140 valence electrons. The van der Waals surface area contributed by atoms with E-state index in [4.69, 9.17) is 0 Å². The van der Waals surface area contributed by atoms with Crippen LogP contribution in [0, 0.1) is 6.92 Å². The van der Waals surface area contributed by atoms with Crippen LogP contribution in [0.3, 0.4) is 0 Å². The lowest BCUT2D eigenvalue weighted by Gasteiger charge is -2.35. The Hall–Kier alpha value is -1.37. The first-order chi connectivity index (χ1) is 12.4. The van der Waals surface area contributed by atoms with Crippen molar-refractivity contribution in [2.75, 3.05) is 6.54 Å². The number of piperidine rings is 1. The molecule has 6 heteroatoms. The van der Waals surface area contributed by atoms with Gasteiger partial charge in [0.05, 0.1) is 16.0 Å². The fourth-order valence-electron chi connectivity index (χ4n) is 3.27. The quantitative estimate of drug-likeness (QED) is 0.688. The molecule has 0 radical (unpaired) electrons. The highest BCUT2D eigenvalue weighted by Gasteiger charge is 2.34.